The second kappa shape index (κ2) is 8.42. The first kappa shape index (κ1) is 18.5. The Morgan fingerprint density at radius 3 is 2.46 bits per heavy atom. The van der Waals surface area contributed by atoms with Crippen LogP contribution in [-0.4, -0.2) is 30.5 Å². The highest BCUT2D eigenvalue weighted by Crippen LogP contribution is 2.29. The largest absolute Gasteiger partial charge is 0.356 e. The van der Waals surface area contributed by atoms with Gasteiger partial charge in [-0.2, -0.15) is 0 Å². The predicted molar refractivity (Wildman–Crippen MR) is 115 cm³/mol. The minimum absolute atomic E-state index is 0.0546. The third kappa shape index (κ3) is 4.01. The molecule has 0 spiro atoms. The van der Waals surface area contributed by atoms with Crippen LogP contribution in [0.15, 0.2) is 54.7 Å². The molecule has 3 aromatic rings. The summed E-state index contributed by atoms with van der Waals surface area (Å²) in [6, 6.07) is 16.6. The van der Waals surface area contributed by atoms with Crippen LogP contribution in [0.4, 0.5) is 5.82 Å². The summed E-state index contributed by atoms with van der Waals surface area (Å²) in [6.45, 7) is 4.78. The Kier molecular flexibility index (Phi) is 5.56. The molecule has 2 heterocycles. The van der Waals surface area contributed by atoms with Crippen LogP contribution in [0.25, 0.3) is 10.8 Å². The number of benzene rings is 2. The molecule has 4 heteroatoms. The number of hydrogen-bond acceptors (Lipinski definition) is 3. The Morgan fingerprint density at radius 1 is 1.00 bits per heavy atom. The van der Waals surface area contributed by atoms with Crippen molar-refractivity contribution in [3.8, 4) is 0 Å². The van der Waals surface area contributed by atoms with E-state index in [0.29, 0.717) is 12.1 Å². The summed E-state index contributed by atoms with van der Waals surface area (Å²) in [6.07, 6.45) is 6.27. The molecule has 0 radical (unpaired) electrons. The van der Waals surface area contributed by atoms with Crippen LogP contribution in [0.2, 0.25) is 0 Å². The van der Waals surface area contributed by atoms with Crippen molar-refractivity contribution >= 4 is 22.5 Å². The van der Waals surface area contributed by atoms with Gasteiger partial charge in [0.2, 0.25) is 0 Å². The minimum Gasteiger partial charge on any atom is -0.356 e. The van der Waals surface area contributed by atoms with Gasteiger partial charge in [-0.3, -0.25) is 4.79 Å². The zero-order valence-corrected chi connectivity index (χ0v) is 16.4. The zero-order valence-electron chi connectivity index (χ0n) is 16.4. The van der Waals surface area contributed by atoms with Gasteiger partial charge in [0.15, 0.2) is 0 Å². The summed E-state index contributed by atoms with van der Waals surface area (Å²) >= 11 is 0. The Morgan fingerprint density at radius 2 is 1.71 bits per heavy atom. The molecule has 4 nitrogen and oxygen atoms in total. The predicted octanol–water partition coefficient (Wildman–Crippen LogP) is 4.51. The summed E-state index contributed by atoms with van der Waals surface area (Å²) < 4.78 is 0. The van der Waals surface area contributed by atoms with Crippen molar-refractivity contribution in [2.24, 2.45) is 0 Å². The Hall–Kier alpha value is -2.88. The first-order valence-corrected chi connectivity index (χ1v) is 10.2. The number of nitrogens with zero attached hydrogens (tertiary/aromatic N) is 2. The number of nitrogens with one attached hydrogen (secondary N) is 1. The third-order valence-corrected chi connectivity index (χ3v) is 5.49. The molecule has 28 heavy (non-hydrogen) atoms. The number of rotatable bonds is 5. The first-order chi connectivity index (χ1) is 13.7. The summed E-state index contributed by atoms with van der Waals surface area (Å²) in [5.74, 6) is 0.951. The van der Waals surface area contributed by atoms with E-state index < -0.39 is 0 Å². The Bertz CT molecular complexity index is 959. The lowest BCUT2D eigenvalue weighted by Gasteiger charge is -2.29. The fourth-order valence-electron chi connectivity index (χ4n) is 3.89. The first-order valence-electron chi connectivity index (χ1n) is 10.2. The molecule has 1 aromatic heterocycles. The van der Waals surface area contributed by atoms with E-state index in [-0.39, 0.29) is 5.91 Å². The molecule has 0 bridgehead atoms. The van der Waals surface area contributed by atoms with E-state index in [2.05, 4.69) is 47.5 Å². The van der Waals surface area contributed by atoms with Crippen LogP contribution in [0.1, 0.15) is 40.7 Å². The summed E-state index contributed by atoms with van der Waals surface area (Å²) in [7, 11) is 0. The molecule has 2 aromatic carbocycles. The number of carbonyl (C=O) groups excluding carboxylic acids is 1. The van der Waals surface area contributed by atoms with Crippen LogP contribution < -0.4 is 10.2 Å². The molecule has 1 fully saturated rings. The highest BCUT2D eigenvalue weighted by Gasteiger charge is 2.18. The van der Waals surface area contributed by atoms with Gasteiger partial charge in [0.1, 0.15) is 5.82 Å². The van der Waals surface area contributed by atoms with Crippen LogP contribution in [-0.2, 0) is 6.42 Å². The van der Waals surface area contributed by atoms with Gasteiger partial charge in [-0.1, -0.05) is 54.1 Å². The molecule has 0 unspecified atom stereocenters. The number of hydrogen-bond donors (Lipinski definition) is 1. The van der Waals surface area contributed by atoms with E-state index in [1.165, 1.54) is 30.4 Å². The highest BCUT2D eigenvalue weighted by atomic mass is 16.1. The molecule has 1 aliphatic rings. The molecule has 0 aliphatic carbocycles. The van der Waals surface area contributed by atoms with Crippen molar-refractivity contribution in [2.75, 3.05) is 24.5 Å². The summed E-state index contributed by atoms with van der Waals surface area (Å²) in [5.41, 5.74) is 3.13. The molecule has 0 atom stereocenters. The number of fused-ring (bicyclic) bond motifs is 1. The fourth-order valence-corrected chi connectivity index (χ4v) is 3.89. The lowest BCUT2D eigenvalue weighted by molar-refractivity contribution is 0.0955. The average Bonchev–Trinajstić information content (AvgIpc) is 2.75. The van der Waals surface area contributed by atoms with E-state index in [4.69, 9.17) is 4.98 Å². The quantitative estimate of drug-likeness (QED) is 0.716. The van der Waals surface area contributed by atoms with E-state index in [1.807, 2.05) is 18.2 Å². The number of anilines is 1. The number of aromatic nitrogens is 1. The fraction of sp³-hybridized carbons (Fsp3) is 0.333. The second-order valence-corrected chi connectivity index (χ2v) is 7.58. The van der Waals surface area contributed by atoms with Crippen LogP contribution >= 0.6 is 0 Å². The summed E-state index contributed by atoms with van der Waals surface area (Å²) in [4.78, 5) is 19.9. The number of carbonyl (C=O) groups is 1. The molecule has 4 rings (SSSR count). The number of amides is 1. The van der Waals surface area contributed by atoms with Crippen LogP contribution in [0, 0.1) is 6.92 Å². The summed E-state index contributed by atoms with van der Waals surface area (Å²) in [5, 5.41) is 5.10. The molecule has 1 N–H and O–H groups in total. The zero-order chi connectivity index (χ0) is 19.3. The van der Waals surface area contributed by atoms with Crippen molar-refractivity contribution in [2.45, 2.75) is 32.6 Å². The molecule has 0 saturated carbocycles. The molecular formula is C24H27N3O. The van der Waals surface area contributed by atoms with Gasteiger partial charge < -0.3 is 10.2 Å². The maximum Gasteiger partial charge on any atom is 0.253 e. The van der Waals surface area contributed by atoms with Gasteiger partial charge in [-0.05, 0) is 43.6 Å². The maximum absolute atomic E-state index is 12.8. The van der Waals surface area contributed by atoms with Gasteiger partial charge in [-0.25, -0.2) is 4.98 Å². The Labute approximate surface area is 166 Å². The van der Waals surface area contributed by atoms with Gasteiger partial charge in [0, 0.05) is 31.2 Å². The van der Waals surface area contributed by atoms with Gasteiger partial charge >= 0.3 is 0 Å². The van der Waals surface area contributed by atoms with E-state index >= 15 is 0 Å². The van der Waals surface area contributed by atoms with Crippen molar-refractivity contribution < 1.29 is 4.79 Å². The third-order valence-electron chi connectivity index (χ3n) is 5.49. The smallest absolute Gasteiger partial charge is 0.253 e. The standard InChI is InChI=1S/C24H27N3O/c1-18-9-11-19(12-10-18)13-14-25-24(28)22-17-26-23(27-15-5-2-6-16-27)21-8-4-3-7-20(21)22/h3-4,7-12,17H,2,5-6,13-16H2,1H3,(H,25,28). The van der Waals surface area contributed by atoms with Crippen molar-refractivity contribution in [1.82, 2.24) is 10.3 Å². The monoisotopic (exact) mass is 373 g/mol. The van der Waals surface area contributed by atoms with Gasteiger partial charge in [0.25, 0.3) is 5.91 Å². The maximum atomic E-state index is 12.8. The molecule has 1 amide bonds. The molecule has 1 saturated heterocycles. The lowest BCUT2D eigenvalue weighted by Crippen LogP contribution is -2.31. The van der Waals surface area contributed by atoms with Gasteiger partial charge in [-0.15, -0.1) is 0 Å². The second-order valence-electron chi connectivity index (χ2n) is 7.58. The molecule has 1 aliphatic heterocycles. The SMILES string of the molecule is Cc1ccc(CCNC(=O)c2cnc(N3CCCCC3)c3ccccc23)cc1. The van der Waals surface area contributed by atoms with Crippen molar-refractivity contribution in [3.63, 3.8) is 0 Å². The normalized spacial score (nSPS) is 14.2. The van der Waals surface area contributed by atoms with Gasteiger partial charge in [0.05, 0.1) is 5.56 Å². The van der Waals surface area contributed by atoms with E-state index in [1.54, 1.807) is 6.20 Å². The van der Waals surface area contributed by atoms with E-state index in [9.17, 15) is 4.79 Å². The van der Waals surface area contributed by atoms with Crippen LogP contribution in [0.3, 0.4) is 0 Å². The van der Waals surface area contributed by atoms with Crippen molar-refractivity contribution in [3.05, 3.63) is 71.4 Å². The number of piperidine rings is 1. The average molecular weight is 374 g/mol. The van der Waals surface area contributed by atoms with Crippen LogP contribution in [0.5, 0.6) is 0 Å². The van der Waals surface area contributed by atoms with E-state index in [0.717, 1.165) is 36.1 Å². The Balaban J connectivity index is 1.51. The highest BCUT2D eigenvalue weighted by molar-refractivity contribution is 6.09. The molecular weight excluding hydrogens is 346 g/mol. The lowest BCUT2D eigenvalue weighted by atomic mass is 10.0. The molecule has 144 valence electrons. The number of pyridine rings is 1. The minimum atomic E-state index is -0.0546. The topological polar surface area (TPSA) is 45.2 Å². The van der Waals surface area contributed by atoms with Crippen molar-refractivity contribution in [1.29, 1.82) is 0 Å². The number of aryl methyl sites for hydroxylation is 1.